The third kappa shape index (κ3) is 4.59. The number of carbonyl (C=O) groups excluding carboxylic acids is 1. The molecule has 0 spiro atoms. The average Bonchev–Trinajstić information content (AvgIpc) is 3.53. The summed E-state index contributed by atoms with van der Waals surface area (Å²) >= 11 is 2.40. The van der Waals surface area contributed by atoms with Gasteiger partial charge >= 0.3 is 0 Å². The third-order valence-corrected chi connectivity index (χ3v) is 9.09. The molecule has 1 aromatic carbocycles. The molecule has 0 saturated carbocycles. The summed E-state index contributed by atoms with van der Waals surface area (Å²) in [4.78, 5) is 19.7. The lowest BCUT2D eigenvalue weighted by Crippen LogP contribution is -2.27. The number of hydrogen-bond donors (Lipinski definition) is 1. The van der Waals surface area contributed by atoms with Crippen LogP contribution < -0.4 is 14.2 Å². The molecule has 8 nitrogen and oxygen atoms in total. The van der Waals surface area contributed by atoms with Gasteiger partial charge in [-0.25, -0.2) is 13.4 Å². The number of amides is 1. The Morgan fingerprint density at radius 3 is 2.38 bits per heavy atom. The van der Waals surface area contributed by atoms with Crippen LogP contribution in [0.15, 0.2) is 33.9 Å². The van der Waals surface area contributed by atoms with Crippen molar-refractivity contribution in [2.75, 3.05) is 32.0 Å². The van der Waals surface area contributed by atoms with E-state index >= 15 is 0 Å². The maximum Gasteiger partial charge on any atom is 0.271 e. The number of nitrogens with one attached hydrogen (secondary N) is 1. The number of sulfonamides is 1. The number of anilines is 1. The van der Waals surface area contributed by atoms with Crippen LogP contribution in [0.5, 0.6) is 11.5 Å². The average molecular weight is 494 g/mol. The number of hydrogen-bond acceptors (Lipinski definition) is 8. The quantitative estimate of drug-likeness (QED) is 0.529. The summed E-state index contributed by atoms with van der Waals surface area (Å²) in [7, 11) is -0.829. The number of thiazole rings is 1. The number of nitrogens with zero attached hydrogens (tertiary/aromatic N) is 2. The molecule has 1 N–H and O–H groups in total. The molecule has 0 bridgehead atoms. The Morgan fingerprint density at radius 2 is 1.75 bits per heavy atom. The number of carbonyl (C=O) groups is 1. The number of ether oxygens (including phenoxy) is 2. The first-order valence-electron chi connectivity index (χ1n) is 9.92. The van der Waals surface area contributed by atoms with Crippen LogP contribution in [0.1, 0.15) is 28.2 Å². The van der Waals surface area contributed by atoms with Crippen molar-refractivity contribution in [2.24, 2.45) is 0 Å². The maximum atomic E-state index is 12.9. The van der Waals surface area contributed by atoms with Crippen LogP contribution in [-0.4, -0.2) is 51.5 Å². The van der Waals surface area contributed by atoms with Crippen LogP contribution in [0.2, 0.25) is 0 Å². The van der Waals surface area contributed by atoms with Gasteiger partial charge in [0, 0.05) is 42.2 Å². The van der Waals surface area contributed by atoms with Gasteiger partial charge in [0.25, 0.3) is 15.9 Å². The number of rotatable bonds is 7. The number of methoxy groups -OCH3 is 2. The van der Waals surface area contributed by atoms with Crippen LogP contribution >= 0.6 is 22.7 Å². The van der Waals surface area contributed by atoms with Gasteiger partial charge in [0.1, 0.15) is 25.6 Å². The van der Waals surface area contributed by atoms with Gasteiger partial charge in [0.05, 0.1) is 25.6 Å². The van der Waals surface area contributed by atoms with Gasteiger partial charge in [-0.1, -0.05) is 0 Å². The van der Waals surface area contributed by atoms with Crippen LogP contribution in [0.25, 0.3) is 10.6 Å². The zero-order valence-electron chi connectivity index (χ0n) is 17.9. The highest BCUT2D eigenvalue weighted by molar-refractivity contribution is 7.94. The molecule has 3 heterocycles. The minimum Gasteiger partial charge on any atom is -0.497 e. The van der Waals surface area contributed by atoms with E-state index < -0.39 is 10.0 Å². The van der Waals surface area contributed by atoms with Crippen LogP contribution in [0, 0.1) is 6.92 Å². The molecule has 1 saturated heterocycles. The highest BCUT2D eigenvalue weighted by Crippen LogP contribution is 2.35. The Balaban J connectivity index is 1.57. The Morgan fingerprint density at radius 1 is 1.09 bits per heavy atom. The molecule has 2 aromatic heterocycles. The molecule has 1 fully saturated rings. The van der Waals surface area contributed by atoms with E-state index in [9.17, 15) is 13.2 Å². The molecule has 0 atom stereocenters. The van der Waals surface area contributed by atoms with E-state index in [2.05, 4.69) is 9.71 Å². The topological polar surface area (TPSA) is 97.8 Å². The molecule has 1 amide bonds. The summed E-state index contributed by atoms with van der Waals surface area (Å²) in [5.41, 5.74) is 1.67. The zero-order chi connectivity index (χ0) is 22.9. The zero-order valence-corrected chi connectivity index (χ0v) is 20.3. The van der Waals surface area contributed by atoms with E-state index in [1.165, 1.54) is 25.6 Å². The molecule has 0 radical (unpaired) electrons. The van der Waals surface area contributed by atoms with Crippen molar-refractivity contribution in [3.8, 4) is 22.1 Å². The van der Waals surface area contributed by atoms with E-state index in [1.807, 2.05) is 11.8 Å². The van der Waals surface area contributed by atoms with Gasteiger partial charge in [-0.3, -0.25) is 9.52 Å². The highest BCUT2D eigenvalue weighted by atomic mass is 32.2. The lowest BCUT2D eigenvalue weighted by molar-refractivity contribution is 0.0796. The normalized spacial score (nSPS) is 13.9. The van der Waals surface area contributed by atoms with E-state index in [1.54, 1.807) is 29.6 Å². The van der Waals surface area contributed by atoms with Crippen molar-refractivity contribution in [1.29, 1.82) is 0 Å². The first kappa shape index (κ1) is 22.6. The fourth-order valence-corrected chi connectivity index (χ4v) is 6.72. The standard InChI is InChI=1S/C21H23N3O5S3/c1-13-19(21(25)24-6-4-5-7-24)31-20(22-13)14-8-18(30-12-14)32(26,27)23-15-9-16(28-2)11-17(10-15)29-3/h8-12,23H,4-7H2,1-3H3. The SMILES string of the molecule is COc1cc(NS(=O)(=O)c2cc(-c3nc(C)c(C(=O)N4CCCC4)s3)cs2)cc(OC)c1. The van der Waals surface area contributed by atoms with Crippen LogP contribution in [0.3, 0.4) is 0 Å². The van der Waals surface area contributed by atoms with Gasteiger partial charge in [-0.15, -0.1) is 22.7 Å². The lowest BCUT2D eigenvalue weighted by atomic mass is 10.3. The minimum atomic E-state index is -3.82. The predicted octanol–water partition coefficient (Wildman–Crippen LogP) is 4.23. The van der Waals surface area contributed by atoms with E-state index in [-0.39, 0.29) is 10.1 Å². The predicted molar refractivity (Wildman–Crippen MR) is 126 cm³/mol. The molecule has 170 valence electrons. The molecule has 0 unspecified atom stereocenters. The summed E-state index contributed by atoms with van der Waals surface area (Å²) in [5.74, 6) is 0.949. The summed E-state index contributed by atoms with van der Waals surface area (Å²) in [6, 6.07) is 6.39. The van der Waals surface area contributed by atoms with Crippen molar-refractivity contribution in [3.63, 3.8) is 0 Å². The lowest BCUT2D eigenvalue weighted by Gasteiger charge is -2.13. The largest absolute Gasteiger partial charge is 0.497 e. The number of likely N-dealkylation sites (tertiary alicyclic amines) is 1. The second-order valence-electron chi connectivity index (χ2n) is 7.29. The smallest absolute Gasteiger partial charge is 0.271 e. The second-order valence-corrected chi connectivity index (χ2v) is 11.1. The van der Waals surface area contributed by atoms with E-state index in [0.29, 0.717) is 38.3 Å². The van der Waals surface area contributed by atoms with E-state index in [0.717, 1.165) is 37.3 Å². The summed E-state index contributed by atoms with van der Waals surface area (Å²) in [6.07, 6.45) is 2.04. The number of thiophene rings is 1. The van der Waals surface area contributed by atoms with Gasteiger partial charge in [0.15, 0.2) is 0 Å². The molecule has 32 heavy (non-hydrogen) atoms. The molecule has 0 aliphatic carbocycles. The van der Waals surface area contributed by atoms with Gasteiger partial charge < -0.3 is 14.4 Å². The van der Waals surface area contributed by atoms with Crippen molar-refractivity contribution >= 4 is 44.3 Å². The molecule has 11 heteroatoms. The van der Waals surface area contributed by atoms with Crippen molar-refractivity contribution in [3.05, 3.63) is 40.2 Å². The summed E-state index contributed by atoms with van der Waals surface area (Å²) in [6.45, 7) is 3.35. The Hall–Kier alpha value is -2.63. The van der Waals surface area contributed by atoms with Crippen LogP contribution in [-0.2, 0) is 10.0 Å². The first-order chi connectivity index (χ1) is 15.3. The van der Waals surface area contributed by atoms with Gasteiger partial charge in [-0.05, 0) is 25.8 Å². The fourth-order valence-electron chi connectivity index (χ4n) is 3.42. The third-order valence-electron chi connectivity index (χ3n) is 5.07. The summed E-state index contributed by atoms with van der Waals surface area (Å²) in [5, 5.41) is 2.37. The first-order valence-corrected chi connectivity index (χ1v) is 13.1. The van der Waals surface area contributed by atoms with Crippen molar-refractivity contribution in [2.45, 2.75) is 24.0 Å². The van der Waals surface area contributed by atoms with Crippen molar-refractivity contribution < 1.29 is 22.7 Å². The second kappa shape index (κ2) is 9.08. The fraction of sp³-hybridized carbons (Fsp3) is 0.333. The summed E-state index contributed by atoms with van der Waals surface area (Å²) < 4.78 is 39.0. The number of benzene rings is 1. The monoisotopic (exact) mass is 493 g/mol. The Bertz CT molecular complexity index is 1220. The number of aryl methyl sites for hydroxylation is 1. The minimum absolute atomic E-state index is 0.000429. The number of aromatic nitrogens is 1. The molecule has 1 aliphatic heterocycles. The van der Waals surface area contributed by atoms with Gasteiger partial charge in [0.2, 0.25) is 0 Å². The highest BCUT2D eigenvalue weighted by Gasteiger charge is 2.25. The molecular formula is C21H23N3O5S3. The maximum absolute atomic E-state index is 12.9. The molecule has 3 aromatic rings. The molecular weight excluding hydrogens is 470 g/mol. The Kier molecular flexibility index (Phi) is 6.40. The van der Waals surface area contributed by atoms with Crippen LogP contribution in [0.4, 0.5) is 5.69 Å². The Labute approximate surface area is 194 Å². The molecule has 4 rings (SSSR count). The van der Waals surface area contributed by atoms with Gasteiger partial charge in [-0.2, -0.15) is 0 Å². The van der Waals surface area contributed by atoms with E-state index in [4.69, 9.17) is 9.47 Å². The molecule has 1 aliphatic rings. The van der Waals surface area contributed by atoms with Crippen molar-refractivity contribution in [1.82, 2.24) is 9.88 Å².